The molecule has 2 rings (SSSR count). The molecular formula is C22H36N2. The lowest BCUT2D eigenvalue weighted by atomic mass is 9.92. The van der Waals surface area contributed by atoms with Crippen molar-refractivity contribution < 1.29 is 4.79 Å². The van der Waals surface area contributed by atoms with Gasteiger partial charge in [-0.3, -0.25) is 0 Å². The Bertz CT molecular complexity index is 466. The van der Waals surface area contributed by atoms with Gasteiger partial charge in [-0.25, -0.2) is 0 Å². The molecule has 0 heterocycles. The molecule has 0 aromatic carbocycles. The highest BCUT2D eigenvalue weighted by atomic mass is 14.8. The number of hydrogen-bond acceptors (Lipinski definition) is 0. The fourth-order valence-corrected chi connectivity index (χ4v) is 4.02. The summed E-state index contributed by atoms with van der Waals surface area (Å²) in [7, 11) is 0. The Kier molecular flexibility index (Phi) is 9.80. The molecule has 2 nitrogen and oxygen atoms in total. The zero-order chi connectivity index (χ0) is 16.9. The van der Waals surface area contributed by atoms with Crippen molar-refractivity contribution in [2.75, 3.05) is 0 Å². The largest absolute Gasteiger partial charge is 0.361 e. The Morgan fingerprint density at radius 1 is 0.583 bits per heavy atom. The summed E-state index contributed by atoms with van der Waals surface area (Å²) in [4.78, 5) is 3.60. The van der Waals surface area contributed by atoms with Crippen molar-refractivity contribution >= 4 is 5.71 Å². The molecule has 0 atom stereocenters. The van der Waals surface area contributed by atoms with Crippen molar-refractivity contribution in [3.63, 3.8) is 0 Å². The molecule has 2 heteroatoms. The van der Waals surface area contributed by atoms with Gasteiger partial charge >= 0.3 is 0 Å². The second-order valence-corrected chi connectivity index (χ2v) is 7.63. The van der Waals surface area contributed by atoms with Crippen LogP contribution in [-0.2, 0) is 0 Å². The Hall–Kier alpha value is -1.14. The average molecular weight is 329 g/mol. The Morgan fingerprint density at radius 3 is 1.71 bits per heavy atom. The van der Waals surface area contributed by atoms with Crippen molar-refractivity contribution in [3.8, 4) is 0 Å². The van der Waals surface area contributed by atoms with Crippen LogP contribution >= 0.6 is 0 Å². The van der Waals surface area contributed by atoms with E-state index in [2.05, 4.69) is 16.9 Å². The maximum absolute atomic E-state index is 9.40. The van der Waals surface area contributed by atoms with Crippen LogP contribution in [0.5, 0.6) is 0 Å². The van der Waals surface area contributed by atoms with E-state index in [-0.39, 0.29) is 0 Å². The summed E-state index contributed by atoms with van der Waals surface area (Å²) in [6, 6.07) is 0. The summed E-state index contributed by atoms with van der Waals surface area (Å²) in [6.07, 6.45) is 26.6. The van der Waals surface area contributed by atoms with Gasteiger partial charge in [0.1, 0.15) is 0 Å². The van der Waals surface area contributed by atoms with E-state index in [0.717, 1.165) is 25.0 Å². The third-order valence-corrected chi connectivity index (χ3v) is 5.55. The predicted octanol–water partition coefficient (Wildman–Crippen LogP) is 7.17. The van der Waals surface area contributed by atoms with Gasteiger partial charge in [-0.05, 0) is 56.1 Å². The molecule has 0 unspecified atom stereocenters. The van der Waals surface area contributed by atoms with Gasteiger partial charge in [-0.1, -0.05) is 63.9 Å². The molecule has 134 valence electrons. The maximum Gasteiger partial charge on any atom is 0.292 e. The normalized spacial score (nSPS) is 27.4. The first-order valence-corrected chi connectivity index (χ1v) is 10.5. The minimum atomic E-state index is 0.891. The predicted molar refractivity (Wildman–Crippen MR) is 103 cm³/mol. The van der Waals surface area contributed by atoms with Crippen molar-refractivity contribution in [1.82, 2.24) is 0 Å². The first-order valence-electron chi connectivity index (χ1n) is 10.5. The van der Waals surface area contributed by atoms with E-state index in [1.165, 1.54) is 95.5 Å². The van der Waals surface area contributed by atoms with E-state index < -0.39 is 0 Å². The molecule has 24 heavy (non-hydrogen) atoms. The zero-order valence-electron chi connectivity index (χ0n) is 15.6. The SMILES string of the molecule is [N-]=[N+]=C1/C=C(/C2=C\CCCCCCCCC2)CCCCCCCC1. The third kappa shape index (κ3) is 7.62. The number of hydrogen-bond donors (Lipinski definition) is 0. The highest BCUT2D eigenvalue weighted by Gasteiger charge is 2.13. The molecular weight excluding hydrogens is 292 g/mol. The lowest BCUT2D eigenvalue weighted by Gasteiger charge is -2.12. The van der Waals surface area contributed by atoms with Gasteiger partial charge in [0.15, 0.2) is 0 Å². The molecule has 0 aliphatic heterocycles. The average Bonchev–Trinajstić information content (AvgIpc) is 2.70. The molecule has 0 fully saturated rings. The van der Waals surface area contributed by atoms with Gasteiger partial charge in [0.2, 0.25) is 0 Å². The third-order valence-electron chi connectivity index (χ3n) is 5.55. The van der Waals surface area contributed by atoms with Crippen LogP contribution in [-0.4, -0.2) is 10.5 Å². The van der Waals surface area contributed by atoms with Crippen LogP contribution in [0.15, 0.2) is 23.3 Å². The van der Waals surface area contributed by atoms with Gasteiger partial charge in [-0.15, -0.1) is 0 Å². The summed E-state index contributed by atoms with van der Waals surface area (Å²) in [5.74, 6) is 0. The maximum atomic E-state index is 9.40. The molecule has 0 aromatic heterocycles. The molecule has 2 aliphatic rings. The molecule has 0 amide bonds. The fourth-order valence-electron chi connectivity index (χ4n) is 4.02. The minimum absolute atomic E-state index is 0.891. The van der Waals surface area contributed by atoms with Crippen molar-refractivity contribution in [2.24, 2.45) is 0 Å². The fraction of sp³-hybridized carbons (Fsp3) is 0.773. The summed E-state index contributed by atoms with van der Waals surface area (Å²) in [5.41, 5.74) is 13.3. The quantitative estimate of drug-likeness (QED) is 0.361. The molecule has 0 bridgehead atoms. The van der Waals surface area contributed by atoms with E-state index in [1.54, 1.807) is 5.57 Å². The Morgan fingerprint density at radius 2 is 1.08 bits per heavy atom. The lowest BCUT2D eigenvalue weighted by molar-refractivity contribution is -0.00649. The summed E-state index contributed by atoms with van der Waals surface area (Å²) < 4.78 is 0. The minimum Gasteiger partial charge on any atom is -0.361 e. The van der Waals surface area contributed by atoms with Gasteiger partial charge in [0.05, 0.1) is 0 Å². The second kappa shape index (κ2) is 12.3. The molecule has 0 N–H and O–H groups in total. The van der Waals surface area contributed by atoms with E-state index in [1.807, 2.05) is 0 Å². The summed E-state index contributed by atoms with van der Waals surface area (Å²) in [5, 5.41) is 0. The van der Waals surface area contributed by atoms with E-state index >= 15 is 0 Å². The monoisotopic (exact) mass is 328 g/mol. The molecule has 0 spiro atoms. The van der Waals surface area contributed by atoms with Crippen molar-refractivity contribution in [3.05, 3.63) is 28.8 Å². The van der Waals surface area contributed by atoms with E-state index in [0.29, 0.717) is 0 Å². The van der Waals surface area contributed by atoms with Crippen molar-refractivity contribution in [2.45, 2.75) is 109 Å². The van der Waals surface area contributed by atoms with Gasteiger partial charge < -0.3 is 5.53 Å². The standard InChI is InChI=1S/C22H36N2/c23-24-22-18-14-10-6-5-9-13-17-21(19-22)20-15-11-7-3-1-2-4-8-12-16-20/h15,19H,1-14,16-18H2/b20-15-,21-19+. The topological polar surface area (TPSA) is 36.4 Å². The van der Waals surface area contributed by atoms with Crippen LogP contribution in [0.3, 0.4) is 0 Å². The zero-order valence-corrected chi connectivity index (χ0v) is 15.6. The van der Waals surface area contributed by atoms with E-state index in [9.17, 15) is 5.53 Å². The van der Waals surface area contributed by atoms with Gasteiger partial charge in [0.25, 0.3) is 5.71 Å². The Labute approximate surface area is 149 Å². The molecule has 2 aliphatic carbocycles. The summed E-state index contributed by atoms with van der Waals surface area (Å²) in [6.45, 7) is 0. The van der Waals surface area contributed by atoms with Gasteiger partial charge in [0, 0.05) is 12.5 Å². The smallest absolute Gasteiger partial charge is 0.292 e. The van der Waals surface area contributed by atoms with Crippen LogP contribution in [0.2, 0.25) is 0 Å². The van der Waals surface area contributed by atoms with Crippen LogP contribution in [0, 0.1) is 0 Å². The molecule has 0 saturated heterocycles. The molecule has 0 aromatic rings. The number of nitrogens with zero attached hydrogens (tertiary/aromatic N) is 2. The first-order chi connectivity index (χ1) is 11.9. The summed E-state index contributed by atoms with van der Waals surface area (Å²) >= 11 is 0. The lowest BCUT2D eigenvalue weighted by Crippen LogP contribution is -2.00. The molecule has 0 radical (unpaired) electrons. The van der Waals surface area contributed by atoms with Gasteiger partial charge in [-0.2, -0.15) is 4.79 Å². The number of allylic oxidation sites excluding steroid dienone is 4. The highest BCUT2D eigenvalue weighted by molar-refractivity contribution is 5.91. The van der Waals surface area contributed by atoms with E-state index in [4.69, 9.17) is 0 Å². The van der Waals surface area contributed by atoms with Crippen LogP contribution in [0.1, 0.15) is 109 Å². The van der Waals surface area contributed by atoms with Crippen LogP contribution in [0.4, 0.5) is 0 Å². The highest BCUT2D eigenvalue weighted by Crippen LogP contribution is 2.27. The molecule has 0 saturated carbocycles. The van der Waals surface area contributed by atoms with Crippen LogP contribution < -0.4 is 0 Å². The van der Waals surface area contributed by atoms with Crippen molar-refractivity contribution in [1.29, 1.82) is 0 Å². The van der Waals surface area contributed by atoms with Crippen LogP contribution in [0.25, 0.3) is 5.53 Å². The first kappa shape index (κ1) is 19.2. The number of rotatable bonds is 1. The Balaban J connectivity index is 2.14. The second-order valence-electron chi connectivity index (χ2n) is 7.63.